The van der Waals surface area contributed by atoms with Crippen molar-refractivity contribution in [1.82, 2.24) is 0 Å². The van der Waals surface area contributed by atoms with Crippen LogP contribution in [0.3, 0.4) is 0 Å². The summed E-state index contributed by atoms with van der Waals surface area (Å²) in [6, 6.07) is 12.9. The summed E-state index contributed by atoms with van der Waals surface area (Å²) in [7, 11) is 0. The lowest BCUT2D eigenvalue weighted by molar-refractivity contribution is 0.625. The molecule has 0 aliphatic carbocycles. The molecule has 2 aromatic carbocycles. The molecule has 0 fully saturated rings. The molecule has 0 spiro atoms. The normalized spacial score (nSPS) is 10.5. The van der Waals surface area contributed by atoms with Crippen LogP contribution in [0.25, 0.3) is 0 Å². The third-order valence-electron chi connectivity index (χ3n) is 3.21. The summed E-state index contributed by atoms with van der Waals surface area (Å²) in [4.78, 5) is 1.96. The minimum Gasteiger partial charge on any atom is -0.339 e. The molecule has 0 amide bonds. The number of halogens is 1. The fraction of sp³-hybridized carbons (Fsp3) is 0.250. The van der Waals surface area contributed by atoms with Gasteiger partial charge in [-0.15, -0.1) is 0 Å². The van der Waals surface area contributed by atoms with Crippen molar-refractivity contribution in [1.29, 1.82) is 0 Å². The highest BCUT2D eigenvalue weighted by Gasteiger charge is 2.14. The number of hydrogen-bond acceptors (Lipinski definition) is 2. The second kappa shape index (κ2) is 5.85. The average molecular weight is 258 g/mol. The number of rotatable bonds is 4. The molecule has 0 aromatic heterocycles. The van der Waals surface area contributed by atoms with E-state index in [1.165, 1.54) is 6.07 Å². The summed E-state index contributed by atoms with van der Waals surface area (Å²) in [6.07, 6.45) is 0. The first-order chi connectivity index (χ1) is 9.17. The lowest BCUT2D eigenvalue weighted by atomic mass is 10.1. The van der Waals surface area contributed by atoms with Crippen LogP contribution in [0.2, 0.25) is 0 Å². The third-order valence-corrected chi connectivity index (χ3v) is 3.21. The fourth-order valence-electron chi connectivity index (χ4n) is 2.28. The molecule has 0 heterocycles. The molecule has 2 rings (SSSR count). The molecular weight excluding hydrogens is 239 g/mol. The molecule has 2 N–H and O–H groups in total. The van der Waals surface area contributed by atoms with Crippen LogP contribution < -0.4 is 10.6 Å². The Bertz CT molecular complexity index is 566. The minimum absolute atomic E-state index is 0.215. The van der Waals surface area contributed by atoms with E-state index in [4.69, 9.17) is 5.73 Å². The smallest absolute Gasteiger partial charge is 0.146 e. The molecule has 3 heteroatoms. The van der Waals surface area contributed by atoms with Gasteiger partial charge >= 0.3 is 0 Å². The van der Waals surface area contributed by atoms with Crippen molar-refractivity contribution in [2.45, 2.75) is 20.4 Å². The Morgan fingerprint density at radius 3 is 2.47 bits per heavy atom. The van der Waals surface area contributed by atoms with Crippen molar-refractivity contribution in [3.8, 4) is 0 Å². The Morgan fingerprint density at radius 1 is 1.11 bits per heavy atom. The first-order valence-corrected chi connectivity index (χ1v) is 6.49. The van der Waals surface area contributed by atoms with Gasteiger partial charge in [-0.05, 0) is 37.6 Å². The molecular formula is C16H19FN2. The fourth-order valence-corrected chi connectivity index (χ4v) is 2.28. The van der Waals surface area contributed by atoms with Gasteiger partial charge in [0.25, 0.3) is 0 Å². The lowest BCUT2D eigenvalue weighted by Gasteiger charge is -2.26. The van der Waals surface area contributed by atoms with Crippen LogP contribution in [0.4, 0.5) is 15.8 Å². The number of anilines is 2. The molecule has 0 bridgehead atoms. The van der Waals surface area contributed by atoms with Crippen molar-refractivity contribution < 1.29 is 4.39 Å². The Hall–Kier alpha value is -1.87. The van der Waals surface area contributed by atoms with Crippen LogP contribution in [0.1, 0.15) is 18.1 Å². The van der Waals surface area contributed by atoms with Crippen molar-refractivity contribution >= 4 is 11.4 Å². The van der Waals surface area contributed by atoms with Gasteiger partial charge in [0.05, 0.1) is 5.69 Å². The Labute approximate surface area is 113 Å². The number of hydrogen-bond donors (Lipinski definition) is 1. The minimum atomic E-state index is -0.215. The van der Waals surface area contributed by atoms with Gasteiger partial charge in [-0.25, -0.2) is 4.39 Å². The van der Waals surface area contributed by atoms with Crippen molar-refractivity contribution in [3.63, 3.8) is 0 Å². The summed E-state index contributed by atoms with van der Waals surface area (Å²) < 4.78 is 14.0. The number of aryl methyl sites for hydroxylation is 1. The largest absolute Gasteiger partial charge is 0.339 e. The monoisotopic (exact) mass is 258 g/mol. The maximum Gasteiger partial charge on any atom is 0.146 e. The van der Waals surface area contributed by atoms with Gasteiger partial charge in [-0.1, -0.05) is 29.8 Å². The average Bonchev–Trinajstić information content (AvgIpc) is 2.43. The zero-order valence-corrected chi connectivity index (χ0v) is 11.4. The zero-order chi connectivity index (χ0) is 13.8. The zero-order valence-electron chi connectivity index (χ0n) is 11.4. The first kappa shape index (κ1) is 13.6. The van der Waals surface area contributed by atoms with Crippen LogP contribution in [0.15, 0.2) is 42.5 Å². The second-order valence-electron chi connectivity index (χ2n) is 4.53. The molecule has 0 atom stereocenters. The number of nitrogens with two attached hydrogens (primary N) is 1. The van der Waals surface area contributed by atoms with Gasteiger partial charge in [-0.3, -0.25) is 0 Å². The lowest BCUT2D eigenvalue weighted by Crippen LogP contribution is -2.19. The van der Waals surface area contributed by atoms with E-state index in [0.717, 1.165) is 16.8 Å². The van der Waals surface area contributed by atoms with Crippen LogP contribution in [-0.4, -0.2) is 6.54 Å². The topological polar surface area (TPSA) is 29.3 Å². The SMILES string of the molecule is CCN(c1ccccc1F)c1ccc(C)cc1CN. The summed E-state index contributed by atoms with van der Waals surface area (Å²) in [6.45, 7) is 5.17. The molecule has 2 aromatic rings. The highest BCUT2D eigenvalue weighted by atomic mass is 19.1. The summed E-state index contributed by atoms with van der Waals surface area (Å²) >= 11 is 0. The van der Waals surface area contributed by atoms with E-state index >= 15 is 0 Å². The molecule has 0 aliphatic heterocycles. The number of para-hydroxylation sites is 1. The molecule has 0 radical (unpaired) electrons. The summed E-state index contributed by atoms with van der Waals surface area (Å²) in [5.74, 6) is -0.215. The summed E-state index contributed by atoms with van der Waals surface area (Å²) in [5, 5.41) is 0. The van der Waals surface area contributed by atoms with E-state index in [-0.39, 0.29) is 5.82 Å². The van der Waals surface area contributed by atoms with Gasteiger partial charge in [0, 0.05) is 18.8 Å². The first-order valence-electron chi connectivity index (χ1n) is 6.49. The van der Waals surface area contributed by atoms with E-state index in [1.807, 2.05) is 36.9 Å². The standard InChI is InChI=1S/C16H19FN2/c1-3-19(16-7-5-4-6-14(16)17)15-9-8-12(2)10-13(15)11-18/h4-10H,3,11,18H2,1-2H3. The molecule has 0 aliphatic rings. The van der Waals surface area contributed by atoms with E-state index in [0.29, 0.717) is 18.8 Å². The molecule has 0 saturated carbocycles. The molecule has 0 saturated heterocycles. The Kier molecular flexibility index (Phi) is 4.17. The van der Waals surface area contributed by atoms with Gasteiger partial charge in [-0.2, -0.15) is 0 Å². The van der Waals surface area contributed by atoms with Crippen molar-refractivity contribution in [3.05, 3.63) is 59.4 Å². The van der Waals surface area contributed by atoms with E-state index < -0.39 is 0 Å². The quantitative estimate of drug-likeness (QED) is 0.905. The van der Waals surface area contributed by atoms with Gasteiger partial charge in [0.1, 0.15) is 5.82 Å². The highest BCUT2D eigenvalue weighted by molar-refractivity contribution is 5.67. The van der Waals surface area contributed by atoms with Gasteiger partial charge < -0.3 is 10.6 Å². The summed E-state index contributed by atoms with van der Waals surface area (Å²) in [5.41, 5.74) is 9.56. The third kappa shape index (κ3) is 2.76. The van der Waals surface area contributed by atoms with E-state index in [1.54, 1.807) is 12.1 Å². The predicted molar refractivity (Wildman–Crippen MR) is 78.2 cm³/mol. The highest BCUT2D eigenvalue weighted by Crippen LogP contribution is 2.30. The molecule has 19 heavy (non-hydrogen) atoms. The number of nitrogens with zero attached hydrogens (tertiary/aromatic N) is 1. The van der Waals surface area contributed by atoms with Gasteiger partial charge in [0.2, 0.25) is 0 Å². The number of benzene rings is 2. The maximum absolute atomic E-state index is 14.0. The van der Waals surface area contributed by atoms with E-state index in [9.17, 15) is 4.39 Å². The van der Waals surface area contributed by atoms with Crippen LogP contribution >= 0.6 is 0 Å². The molecule has 0 unspecified atom stereocenters. The van der Waals surface area contributed by atoms with Crippen molar-refractivity contribution in [2.75, 3.05) is 11.4 Å². The van der Waals surface area contributed by atoms with Crippen LogP contribution in [0.5, 0.6) is 0 Å². The Balaban J connectivity index is 2.51. The molecule has 100 valence electrons. The van der Waals surface area contributed by atoms with Crippen molar-refractivity contribution in [2.24, 2.45) is 5.73 Å². The predicted octanol–water partition coefficient (Wildman–Crippen LogP) is 3.75. The van der Waals surface area contributed by atoms with Crippen LogP contribution in [-0.2, 0) is 6.54 Å². The molecule has 2 nitrogen and oxygen atoms in total. The maximum atomic E-state index is 14.0. The van der Waals surface area contributed by atoms with Crippen LogP contribution in [0, 0.1) is 12.7 Å². The van der Waals surface area contributed by atoms with E-state index in [2.05, 4.69) is 6.07 Å². The Morgan fingerprint density at radius 2 is 1.84 bits per heavy atom. The van der Waals surface area contributed by atoms with Gasteiger partial charge in [0.15, 0.2) is 0 Å². The second-order valence-corrected chi connectivity index (χ2v) is 4.53.